The highest BCUT2D eigenvalue weighted by atomic mass is 79.9. The van der Waals surface area contributed by atoms with Crippen LogP contribution in [0.15, 0.2) is 16.6 Å². The summed E-state index contributed by atoms with van der Waals surface area (Å²) in [6, 6.07) is 4.23. The van der Waals surface area contributed by atoms with E-state index < -0.39 is 0 Å². The quantitative estimate of drug-likeness (QED) is 0.808. The van der Waals surface area contributed by atoms with E-state index in [-0.39, 0.29) is 5.91 Å². The molecular formula is C15H21BrN2O2. The molecule has 1 heterocycles. The van der Waals surface area contributed by atoms with Crippen LogP contribution in [0.1, 0.15) is 24.0 Å². The molecule has 0 saturated heterocycles. The number of hydrogen-bond acceptors (Lipinski definition) is 3. The van der Waals surface area contributed by atoms with Gasteiger partial charge in [0.15, 0.2) is 0 Å². The van der Waals surface area contributed by atoms with E-state index in [4.69, 9.17) is 4.74 Å². The minimum absolute atomic E-state index is 0.179. The van der Waals surface area contributed by atoms with Crippen molar-refractivity contribution in [3.63, 3.8) is 0 Å². The van der Waals surface area contributed by atoms with Crippen LogP contribution in [0.4, 0.5) is 0 Å². The number of ether oxygens (including phenoxy) is 1. The average Bonchev–Trinajstić information content (AvgIpc) is 2.85. The maximum atomic E-state index is 11.4. The fraction of sp³-hybridized carbons (Fsp3) is 0.533. The summed E-state index contributed by atoms with van der Waals surface area (Å²) in [7, 11) is 3.58. The lowest BCUT2D eigenvalue weighted by Crippen LogP contribution is -2.23. The summed E-state index contributed by atoms with van der Waals surface area (Å²) >= 11 is 3.54. The van der Waals surface area contributed by atoms with E-state index in [0.29, 0.717) is 6.42 Å². The van der Waals surface area contributed by atoms with Crippen molar-refractivity contribution in [2.45, 2.75) is 25.8 Å². The van der Waals surface area contributed by atoms with Crippen molar-refractivity contribution in [1.82, 2.24) is 10.2 Å². The summed E-state index contributed by atoms with van der Waals surface area (Å²) in [6.45, 7) is 2.38. The number of fused-ring (bicyclic) bond motifs is 1. The number of nitrogens with zero attached hydrogens (tertiary/aromatic N) is 1. The molecule has 0 atom stereocenters. The molecule has 0 aromatic heterocycles. The molecule has 1 aliphatic heterocycles. The summed E-state index contributed by atoms with van der Waals surface area (Å²) in [6.07, 6.45) is 2.43. The first-order valence-corrected chi connectivity index (χ1v) is 7.72. The van der Waals surface area contributed by atoms with Gasteiger partial charge in [0, 0.05) is 43.5 Å². The third-order valence-corrected chi connectivity index (χ3v) is 3.84. The summed E-state index contributed by atoms with van der Waals surface area (Å²) in [5, 5.41) is 3.38. The molecule has 20 heavy (non-hydrogen) atoms. The maximum absolute atomic E-state index is 11.4. The van der Waals surface area contributed by atoms with Crippen LogP contribution in [0, 0.1) is 0 Å². The molecule has 1 aliphatic rings. The highest BCUT2D eigenvalue weighted by molar-refractivity contribution is 9.10. The van der Waals surface area contributed by atoms with Crippen molar-refractivity contribution in [3.8, 4) is 5.75 Å². The van der Waals surface area contributed by atoms with Gasteiger partial charge in [0.05, 0.1) is 6.61 Å². The largest absolute Gasteiger partial charge is 0.493 e. The van der Waals surface area contributed by atoms with Gasteiger partial charge in [-0.1, -0.05) is 15.9 Å². The van der Waals surface area contributed by atoms with Gasteiger partial charge in [0.1, 0.15) is 5.75 Å². The Morgan fingerprint density at radius 3 is 3.00 bits per heavy atom. The van der Waals surface area contributed by atoms with E-state index in [9.17, 15) is 4.79 Å². The van der Waals surface area contributed by atoms with Gasteiger partial charge in [-0.15, -0.1) is 0 Å². The third-order valence-electron chi connectivity index (χ3n) is 3.38. The molecule has 1 N–H and O–H groups in total. The van der Waals surface area contributed by atoms with Crippen LogP contribution in [0.25, 0.3) is 0 Å². The molecule has 2 rings (SSSR count). The highest BCUT2D eigenvalue weighted by Gasteiger charge is 2.17. The van der Waals surface area contributed by atoms with Gasteiger partial charge in [-0.25, -0.2) is 0 Å². The zero-order valence-electron chi connectivity index (χ0n) is 12.0. The molecule has 0 unspecified atom stereocenters. The first-order valence-electron chi connectivity index (χ1n) is 6.93. The molecule has 1 aromatic rings. The first-order chi connectivity index (χ1) is 9.58. The highest BCUT2D eigenvalue weighted by Crippen LogP contribution is 2.32. The molecule has 1 aromatic carbocycles. The lowest BCUT2D eigenvalue weighted by Gasteiger charge is -2.12. The second kappa shape index (κ2) is 7.09. The van der Waals surface area contributed by atoms with Crippen molar-refractivity contribution < 1.29 is 9.53 Å². The Bertz CT molecular complexity index is 489. The maximum Gasteiger partial charge on any atom is 0.222 e. The van der Waals surface area contributed by atoms with Gasteiger partial charge < -0.3 is 15.0 Å². The second-order valence-corrected chi connectivity index (χ2v) is 6.14. The van der Waals surface area contributed by atoms with Crippen molar-refractivity contribution in [2.75, 3.05) is 27.2 Å². The molecule has 0 aliphatic carbocycles. The number of benzene rings is 1. The second-order valence-electron chi connectivity index (χ2n) is 5.22. The average molecular weight is 341 g/mol. The zero-order valence-corrected chi connectivity index (χ0v) is 13.6. The van der Waals surface area contributed by atoms with Crippen LogP contribution in [0.3, 0.4) is 0 Å². The van der Waals surface area contributed by atoms with Crippen molar-refractivity contribution in [2.24, 2.45) is 0 Å². The Morgan fingerprint density at radius 2 is 2.25 bits per heavy atom. The molecule has 0 spiro atoms. The van der Waals surface area contributed by atoms with Gasteiger partial charge in [-0.3, -0.25) is 4.79 Å². The molecule has 0 radical (unpaired) electrons. The molecule has 5 heteroatoms. The van der Waals surface area contributed by atoms with Gasteiger partial charge in [0.2, 0.25) is 5.91 Å². The van der Waals surface area contributed by atoms with E-state index in [1.54, 1.807) is 19.0 Å². The summed E-state index contributed by atoms with van der Waals surface area (Å²) < 4.78 is 6.79. The number of carbonyl (C=O) groups is 1. The Balaban J connectivity index is 1.79. The van der Waals surface area contributed by atoms with Gasteiger partial charge in [-0.05, 0) is 30.7 Å². The standard InChI is InChI=1S/C15H21BrN2O2/c1-18(2)14(19)4-3-6-17-10-12-9-13(16)8-11-5-7-20-15(11)12/h8-9,17H,3-7,10H2,1-2H3. The van der Waals surface area contributed by atoms with Crippen molar-refractivity contribution in [1.29, 1.82) is 0 Å². The fourth-order valence-corrected chi connectivity index (χ4v) is 2.84. The van der Waals surface area contributed by atoms with Crippen LogP contribution in [0.2, 0.25) is 0 Å². The van der Waals surface area contributed by atoms with Crippen LogP contribution in [0.5, 0.6) is 5.75 Å². The van der Waals surface area contributed by atoms with Crippen LogP contribution in [-0.4, -0.2) is 38.1 Å². The van der Waals surface area contributed by atoms with Crippen LogP contribution >= 0.6 is 15.9 Å². The molecule has 4 nitrogen and oxygen atoms in total. The van der Waals surface area contributed by atoms with Gasteiger partial charge >= 0.3 is 0 Å². The molecule has 0 bridgehead atoms. The van der Waals surface area contributed by atoms with E-state index in [2.05, 4.69) is 33.4 Å². The Labute approximate surface area is 128 Å². The Morgan fingerprint density at radius 1 is 1.45 bits per heavy atom. The summed E-state index contributed by atoms with van der Waals surface area (Å²) in [5.41, 5.74) is 2.46. The summed E-state index contributed by atoms with van der Waals surface area (Å²) in [5.74, 6) is 1.21. The van der Waals surface area contributed by atoms with E-state index in [1.807, 2.05) is 0 Å². The predicted octanol–water partition coefficient (Wildman–Crippen LogP) is 2.34. The fourth-order valence-electron chi connectivity index (χ4n) is 2.29. The topological polar surface area (TPSA) is 41.6 Å². The number of rotatable bonds is 6. The monoisotopic (exact) mass is 340 g/mol. The number of hydrogen-bond donors (Lipinski definition) is 1. The molecule has 0 saturated carbocycles. The van der Waals surface area contributed by atoms with Crippen LogP contribution < -0.4 is 10.1 Å². The number of carbonyl (C=O) groups excluding carboxylic acids is 1. The normalized spacial score (nSPS) is 12.9. The lowest BCUT2D eigenvalue weighted by molar-refractivity contribution is -0.128. The molecule has 110 valence electrons. The molecular weight excluding hydrogens is 320 g/mol. The number of halogens is 1. The predicted molar refractivity (Wildman–Crippen MR) is 83.0 cm³/mol. The van der Waals surface area contributed by atoms with E-state index >= 15 is 0 Å². The first kappa shape index (κ1) is 15.3. The van der Waals surface area contributed by atoms with Crippen molar-refractivity contribution in [3.05, 3.63) is 27.7 Å². The zero-order chi connectivity index (χ0) is 14.5. The van der Waals surface area contributed by atoms with Gasteiger partial charge in [-0.2, -0.15) is 0 Å². The molecule has 1 amide bonds. The Kier molecular flexibility index (Phi) is 5.43. The minimum Gasteiger partial charge on any atom is -0.493 e. The third kappa shape index (κ3) is 3.96. The van der Waals surface area contributed by atoms with E-state index in [1.165, 1.54) is 11.1 Å². The van der Waals surface area contributed by atoms with Gasteiger partial charge in [0.25, 0.3) is 0 Å². The number of nitrogens with one attached hydrogen (secondary N) is 1. The minimum atomic E-state index is 0.179. The Hall–Kier alpha value is -1.07. The van der Waals surface area contributed by atoms with Crippen LogP contribution in [-0.2, 0) is 17.8 Å². The summed E-state index contributed by atoms with van der Waals surface area (Å²) in [4.78, 5) is 13.1. The lowest BCUT2D eigenvalue weighted by atomic mass is 10.1. The smallest absolute Gasteiger partial charge is 0.222 e. The van der Waals surface area contributed by atoms with Crippen molar-refractivity contribution >= 4 is 21.8 Å². The number of amides is 1. The van der Waals surface area contributed by atoms with E-state index in [0.717, 1.165) is 42.8 Å². The SMILES string of the molecule is CN(C)C(=O)CCCNCc1cc(Br)cc2c1OCC2. The molecule has 0 fully saturated rings.